The lowest BCUT2D eigenvalue weighted by atomic mass is 10.1. The van der Waals surface area contributed by atoms with E-state index in [1.54, 1.807) is 67.6 Å². The van der Waals surface area contributed by atoms with Crippen LogP contribution in [0.15, 0.2) is 72.8 Å². The van der Waals surface area contributed by atoms with E-state index in [1.807, 2.05) is 19.1 Å². The van der Waals surface area contributed by atoms with Crippen LogP contribution in [0.25, 0.3) is 0 Å². The zero-order chi connectivity index (χ0) is 23.1. The SMILES string of the molecule is Cc1cccc(C(=O)NC(=S)Nc2ccc(NC(=O)C(C)Oc3ccccc3Cl)cc2)c1. The summed E-state index contributed by atoms with van der Waals surface area (Å²) in [5.74, 6) is -0.160. The number of amides is 2. The highest BCUT2D eigenvalue weighted by atomic mass is 35.5. The Kier molecular flexibility index (Phi) is 7.81. The number of aryl methyl sites for hydroxylation is 1. The van der Waals surface area contributed by atoms with E-state index in [4.69, 9.17) is 28.6 Å². The number of rotatable bonds is 6. The van der Waals surface area contributed by atoms with Crippen LogP contribution < -0.4 is 20.7 Å². The summed E-state index contributed by atoms with van der Waals surface area (Å²) in [5, 5.41) is 8.99. The van der Waals surface area contributed by atoms with E-state index in [9.17, 15) is 9.59 Å². The predicted molar refractivity (Wildman–Crippen MR) is 131 cm³/mol. The number of carbonyl (C=O) groups is 2. The van der Waals surface area contributed by atoms with Gasteiger partial charge in [-0.1, -0.05) is 41.4 Å². The largest absolute Gasteiger partial charge is 0.479 e. The summed E-state index contributed by atoms with van der Waals surface area (Å²) in [6.07, 6.45) is -0.739. The Labute approximate surface area is 196 Å². The van der Waals surface area contributed by atoms with E-state index in [0.29, 0.717) is 27.7 Å². The van der Waals surface area contributed by atoms with Crippen molar-refractivity contribution in [1.82, 2.24) is 5.32 Å². The van der Waals surface area contributed by atoms with Gasteiger partial charge in [-0.3, -0.25) is 14.9 Å². The molecule has 164 valence electrons. The molecular formula is C24H22ClN3O3S. The van der Waals surface area contributed by atoms with Crippen LogP contribution in [0.4, 0.5) is 11.4 Å². The topological polar surface area (TPSA) is 79.5 Å². The van der Waals surface area contributed by atoms with E-state index >= 15 is 0 Å². The Morgan fingerprint density at radius 2 is 1.59 bits per heavy atom. The number of thiocarbonyl (C=S) groups is 1. The number of halogens is 1. The van der Waals surface area contributed by atoms with Gasteiger partial charge < -0.3 is 15.4 Å². The smallest absolute Gasteiger partial charge is 0.265 e. The maximum absolute atomic E-state index is 12.4. The number of benzene rings is 3. The minimum atomic E-state index is -0.739. The second-order valence-electron chi connectivity index (χ2n) is 7.03. The molecule has 0 saturated carbocycles. The number of hydrogen-bond donors (Lipinski definition) is 3. The van der Waals surface area contributed by atoms with E-state index in [0.717, 1.165) is 5.56 Å². The van der Waals surface area contributed by atoms with Crippen LogP contribution in [-0.4, -0.2) is 23.0 Å². The summed E-state index contributed by atoms with van der Waals surface area (Å²) >= 11 is 11.3. The van der Waals surface area contributed by atoms with Gasteiger partial charge in [-0.25, -0.2) is 0 Å². The van der Waals surface area contributed by atoms with Crippen LogP contribution in [0.3, 0.4) is 0 Å². The molecule has 3 aromatic rings. The molecule has 3 aromatic carbocycles. The molecular weight excluding hydrogens is 446 g/mol. The van der Waals surface area contributed by atoms with E-state index in [-0.39, 0.29) is 16.9 Å². The highest BCUT2D eigenvalue weighted by Gasteiger charge is 2.16. The van der Waals surface area contributed by atoms with Crippen molar-refractivity contribution in [2.75, 3.05) is 10.6 Å². The first-order valence-corrected chi connectivity index (χ1v) is 10.6. The average molecular weight is 468 g/mol. The van der Waals surface area contributed by atoms with Gasteiger partial charge in [0, 0.05) is 16.9 Å². The zero-order valence-corrected chi connectivity index (χ0v) is 19.1. The Hall–Kier alpha value is -3.42. The molecule has 32 heavy (non-hydrogen) atoms. The molecule has 3 N–H and O–H groups in total. The maximum atomic E-state index is 12.4. The minimum absolute atomic E-state index is 0.176. The number of anilines is 2. The molecule has 0 fully saturated rings. The summed E-state index contributed by atoms with van der Waals surface area (Å²) in [6, 6.07) is 21.1. The highest BCUT2D eigenvalue weighted by Crippen LogP contribution is 2.24. The molecule has 1 atom stereocenters. The second kappa shape index (κ2) is 10.7. The van der Waals surface area contributed by atoms with Gasteiger partial charge in [0.05, 0.1) is 5.02 Å². The van der Waals surface area contributed by atoms with Gasteiger partial charge >= 0.3 is 0 Å². The Bertz CT molecular complexity index is 1140. The molecule has 0 spiro atoms. The Morgan fingerprint density at radius 3 is 2.25 bits per heavy atom. The standard InChI is InChI=1S/C24H22ClN3O3S/c1-15-6-5-7-17(14-15)23(30)28-24(32)27-19-12-10-18(11-13-19)26-22(29)16(2)31-21-9-4-3-8-20(21)25/h3-14,16H,1-2H3,(H,26,29)(H2,27,28,30,32). The molecule has 0 aliphatic carbocycles. The van der Waals surface area contributed by atoms with Gasteiger partial charge in [0.1, 0.15) is 5.75 Å². The molecule has 0 heterocycles. The van der Waals surface area contributed by atoms with Crippen molar-refractivity contribution in [3.63, 3.8) is 0 Å². The lowest BCUT2D eigenvalue weighted by molar-refractivity contribution is -0.122. The second-order valence-corrected chi connectivity index (χ2v) is 7.85. The molecule has 0 radical (unpaired) electrons. The highest BCUT2D eigenvalue weighted by molar-refractivity contribution is 7.80. The summed E-state index contributed by atoms with van der Waals surface area (Å²) in [6.45, 7) is 3.56. The third-order valence-electron chi connectivity index (χ3n) is 4.43. The van der Waals surface area contributed by atoms with Gasteiger partial charge in [0.25, 0.3) is 11.8 Å². The molecule has 0 saturated heterocycles. The summed E-state index contributed by atoms with van der Waals surface area (Å²) in [5.41, 5.74) is 2.77. The predicted octanol–water partition coefficient (Wildman–Crippen LogP) is 5.18. The fraction of sp³-hybridized carbons (Fsp3) is 0.125. The third kappa shape index (κ3) is 6.54. The van der Waals surface area contributed by atoms with Gasteiger partial charge in [0.2, 0.25) is 0 Å². The van der Waals surface area contributed by atoms with E-state index < -0.39 is 6.10 Å². The first-order valence-electron chi connectivity index (χ1n) is 9.83. The number of carbonyl (C=O) groups excluding carboxylic acids is 2. The average Bonchev–Trinajstić information content (AvgIpc) is 2.76. The van der Waals surface area contributed by atoms with Crippen LogP contribution in [-0.2, 0) is 4.79 Å². The van der Waals surface area contributed by atoms with Gasteiger partial charge in [0.15, 0.2) is 11.2 Å². The minimum Gasteiger partial charge on any atom is -0.479 e. The van der Waals surface area contributed by atoms with E-state index in [2.05, 4.69) is 16.0 Å². The Morgan fingerprint density at radius 1 is 0.938 bits per heavy atom. The van der Waals surface area contributed by atoms with Crippen LogP contribution in [0, 0.1) is 6.92 Å². The van der Waals surface area contributed by atoms with Gasteiger partial charge in [-0.15, -0.1) is 0 Å². The van der Waals surface area contributed by atoms with Crippen molar-refractivity contribution in [2.24, 2.45) is 0 Å². The lowest BCUT2D eigenvalue weighted by Gasteiger charge is -2.16. The number of hydrogen-bond acceptors (Lipinski definition) is 4. The third-order valence-corrected chi connectivity index (χ3v) is 4.94. The van der Waals surface area contributed by atoms with Crippen molar-refractivity contribution in [2.45, 2.75) is 20.0 Å². The van der Waals surface area contributed by atoms with Crippen LogP contribution in [0.5, 0.6) is 5.75 Å². The fourth-order valence-corrected chi connectivity index (χ4v) is 3.18. The van der Waals surface area contributed by atoms with Gasteiger partial charge in [-0.2, -0.15) is 0 Å². The molecule has 0 aromatic heterocycles. The monoisotopic (exact) mass is 467 g/mol. The molecule has 6 nitrogen and oxygen atoms in total. The van der Waals surface area contributed by atoms with E-state index in [1.165, 1.54) is 0 Å². The number of ether oxygens (including phenoxy) is 1. The van der Waals surface area contributed by atoms with Crippen LogP contribution in [0.2, 0.25) is 5.02 Å². The molecule has 1 unspecified atom stereocenters. The van der Waals surface area contributed by atoms with Gasteiger partial charge in [-0.05, 0) is 74.6 Å². The summed E-state index contributed by atoms with van der Waals surface area (Å²) < 4.78 is 5.62. The quantitative estimate of drug-likeness (QED) is 0.435. The Balaban J connectivity index is 1.52. The van der Waals surface area contributed by atoms with Crippen LogP contribution >= 0.6 is 23.8 Å². The zero-order valence-electron chi connectivity index (χ0n) is 17.5. The lowest BCUT2D eigenvalue weighted by Crippen LogP contribution is -2.34. The van der Waals surface area contributed by atoms with Crippen molar-refractivity contribution < 1.29 is 14.3 Å². The van der Waals surface area contributed by atoms with Crippen molar-refractivity contribution in [3.8, 4) is 5.75 Å². The maximum Gasteiger partial charge on any atom is 0.265 e. The first kappa shape index (κ1) is 23.2. The fourth-order valence-electron chi connectivity index (χ4n) is 2.79. The molecule has 0 bridgehead atoms. The normalized spacial score (nSPS) is 11.2. The first-order chi connectivity index (χ1) is 15.3. The van der Waals surface area contributed by atoms with Crippen molar-refractivity contribution in [1.29, 1.82) is 0 Å². The summed E-state index contributed by atoms with van der Waals surface area (Å²) in [4.78, 5) is 24.7. The van der Waals surface area contributed by atoms with Crippen molar-refractivity contribution >= 4 is 52.1 Å². The molecule has 8 heteroatoms. The molecule has 0 aliphatic rings. The summed E-state index contributed by atoms with van der Waals surface area (Å²) in [7, 11) is 0. The van der Waals surface area contributed by atoms with Crippen LogP contribution in [0.1, 0.15) is 22.8 Å². The molecule has 2 amide bonds. The van der Waals surface area contributed by atoms with Crippen molar-refractivity contribution in [3.05, 3.63) is 88.9 Å². The number of nitrogens with one attached hydrogen (secondary N) is 3. The molecule has 0 aliphatic heterocycles. The number of para-hydroxylation sites is 1. The molecule has 3 rings (SSSR count).